The molecule has 3 nitrogen and oxygen atoms in total. The molecule has 0 aliphatic heterocycles. The molecule has 21 heavy (non-hydrogen) atoms. The monoisotopic (exact) mass is 310 g/mol. The van der Waals surface area contributed by atoms with Crippen molar-refractivity contribution in [3.05, 3.63) is 16.1 Å². The number of aromatic nitrogens is 1. The summed E-state index contributed by atoms with van der Waals surface area (Å²) >= 11 is 1.65. The van der Waals surface area contributed by atoms with Crippen LogP contribution in [-0.2, 0) is 5.41 Å². The van der Waals surface area contributed by atoms with Crippen molar-refractivity contribution >= 4 is 11.3 Å². The molecule has 2 rings (SSSR count). The van der Waals surface area contributed by atoms with E-state index in [0.29, 0.717) is 12.0 Å². The molecule has 0 saturated heterocycles. The Hall–Kier alpha value is -0.450. The predicted molar refractivity (Wildman–Crippen MR) is 89.5 cm³/mol. The van der Waals surface area contributed by atoms with Crippen LogP contribution in [0, 0.1) is 10.8 Å². The maximum atomic E-state index is 10.9. The second-order valence-electron chi connectivity index (χ2n) is 8.46. The third kappa shape index (κ3) is 3.49. The second kappa shape index (κ2) is 5.64. The second-order valence-corrected chi connectivity index (χ2v) is 9.32. The summed E-state index contributed by atoms with van der Waals surface area (Å²) in [6, 6.07) is 0. The molecule has 0 aromatic carbocycles. The van der Waals surface area contributed by atoms with Gasteiger partial charge in [0.15, 0.2) is 0 Å². The Morgan fingerprint density at radius 3 is 2.29 bits per heavy atom. The van der Waals surface area contributed by atoms with Crippen LogP contribution in [0.15, 0.2) is 5.38 Å². The Morgan fingerprint density at radius 2 is 1.86 bits per heavy atom. The molecular formula is C17H30N2OS. The van der Waals surface area contributed by atoms with E-state index in [0.717, 1.165) is 36.4 Å². The van der Waals surface area contributed by atoms with E-state index < -0.39 is 6.10 Å². The molecule has 0 amide bonds. The van der Waals surface area contributed by atoms with Gasteiger partial charge in [0.1, 0.15) is 6.10 Å². The summed E-state index contributed by atoms with van der Waals surface area (Å²) in [6.45, 7) is 11.6. The van der Waals surface area contributed by atoms with E-state index in [2.05, 4.69) is 34.6 Å². The van der Waals surface area contributed by atoms with Gasteiger partial charge in [-0.3, -0.25) is 0 Å². The molecule has 120 valence electrons. The van der Waals surface area contributed by atoms with Gasteiger partial charge in [-0.1, -0.05) is 34.6 Å². The van der Waals surface area contributed by atoms with Gasteiger partial charge in [0, 0.05) is 22.8 Å². The van der Waals surface area contributed by atoms with E-state index in [1.165, 1.54) is 0 Å². The van der Waals surface area contributed by atoms with Gasteiger partial charge in [0.25, 0.3) is 0 Å². The molecule has 0 bridgehead atoms. The molecule has 1 aliphatic rings. The minimum Gasteiger partial charge on any atom is -0.386 e. The Kier molecular flexibility index (Phi) is 4.54. The normalized spacial score (nSPS) is 23.0. The molecule has 1 fully saturated rings. The molecule has 0 radical (unpaired) electrons. The van der Waals surface area contributed by atoms with Gasteiger partial charge in [-0.15, -0.1) is 11.3 Å². The molecule has 1 aromatic heterocycles. The minimum absolute atomic E-state index is 0.0348. The summed E-state index contributed by atoms with van der Waals surface area (Å²) in [5.41, 5.74) is 7.10. The summed E-state index contributed by atoms with van der Waals surface area (Å²) in [7, 11) is 0. The average molecular weight is 311 g/mol. The van der Waals surface area contributed by atoms with Crippen molar-refractivity contribution in [1.29, 1.82) is 0 Å². The highest BCUT2D eigenvalue weighted by molar-refractivity contribution is 7.09. The molecule has 1 saturated carbocycles. The van der Waals surface area contributed by atoms with Gasteiger partial charge in [-0.2, -0.15) is 0 Å². The van der Waals surface area contributed by atoms with Gasteiger partial charge in [0.2, 0.25) is 0 Å². The van der Waals surface area contributed by atoms with Crippen molar-refractivity contribution in [1.82, 2.24) is 4.98 Å². The summed E-state index contributed by atoms with van der Waals surface area (Å²) < 4.78 is 0. The molecule has 1 atom stereocenters. The van der Waals surface area contributed by atoms with E-state index in [-0.39, 0.29) is 10.8 Å². The maximum Gasteiger partial charge on any atom is 0.104 e. The number of aliphatic hydroxyl groups excluding tert-OH is 1. The molecule has 3 N–H and O–H groups in total. The lowest BCUT2D eigenvalue weighted by atomic mass is 9.62. The van der Waals surface area contributed by atoms with Crippen LogP contribution in [0.5, 0.6) is 0 Å². The van der Waals surface area contributed by atoms with Crippen molar-refractivity contribution in [3.8, 4) is 0 Å². The maximum absolute atomic E-state index is 10.9. The number of nitrogens with zero attached hydrogens (tertiary/aromatic N) is 1. The molecular weight excluding hydrogens is 280 g/mol. The third-order valence-corrected chi connectivity index (χ3v) is 6.32. The summed E-state index contributed by atoms with van der Waals surface area (Å²) in [5, 5.41) is 14.0. The highest BCUT2D eigenvalue weighted by atomic mass is 32.1. The van der Waals surface area contributed by atoms with Crippen LogP contribution in [0.4, 0.5) is 0 Å². The van der Waals surface area contributed by atoms with E-state index in [4.69, 9.17) is 10.7 Å². The first-order valence-corrected chi connectivity index (χ1v) is 8.82. The summed E-state index contributed by atoms with van der Waals surface area (Å²) in [5.74, 6) is 0. The van der Waals surface area contributed by atoms with Gasteiger partial charge >= 0.3 is 0 Å². The number of rotatable bonds is 3. The number of hydrogen-bond donors (Lipinski definition) is 2. The molecule has 1 aliphatic carbocycles. The van der Waals surface area contributed by atoms with E-state index >= 15 is 0 Å². The number of aliphatic hydroxyl groups is 1. The first kappa shape index (κ1) is 16.9. The predicted octanol–water partition coefficient (Wildman–Crippen LogP) is 4.02. The lowest BCUT2D eigenvalue weighted by molar-refractivity contribution is -0.0256. The van der Waals surface area contributed by atoms with Crippen molar-refractivity contribution in [2.24, 2.45) is 16.6 Å². The molecule has 1 heterocycles. The molecule has 4 heteroatoms. The lowest BCUT2D eigenvalue weighted by Gasteiger charge is -2.45. The van der Waals surface area contributed by atoms with Gasteiger partial charge in [0.05, 0.1) is 10.7 Å². The fourth-order valence-corrected chi connectivity index (χ4v) is 4.01. The summed E-state index contributed by atoms with van der Waals surface area (Å²) in [6.07, 6.45) is 3.68. The van der Waals surface area contributed by atoms with Gasteiger partial charge < -0.3 is 10.8 Å². The first-order chi connectivity index (χ1) is 9.60. The van der Waals surface area contributed by atoms with Crippen LogP contribution >= 0.6 is 11.3 Å². The topological polar surface area (TPSA) is 59.1 Å². The van der Waals surface area contributed by atoms with Crippen molar-refractivity contribution < 1.29 is 5.11 Å². The van der Waals surface area contributed by atoms with Crippen LogP contribution < -0.4 is 5.73 Å². The molecule has 1 aromatic rings. The number of thiazole rings is 1. The highest BCUT2D eigenvalue weighted by Crippen LogP contribution is 2.50. The molecule has 0 spiro atoms. The zero-order chi connectivity index (χ0) is 15.9. The minimum atomic E-state index is -0.536. The quantitative estimate of drug-likeness (QED) is 0.886. The van der Waals surface area contributed by atoms with Gasteiger partial charge in [-0.25, -0.2) is 4.98 Å². The SMILES string of the molecule is CC1(C)CCC(CN)(C(O)c2csc(C(C)(C)C)n2)CC1. The van der Waals surface area contributed by atoms with Crippen LogP contribution in [0.2, 0.25) is 0 Å². The van der Waals surface area contributed by atoms with E-state index in [1.54, 1.807) is 11.3 Å². The Labute approximate surface area is 133 Å². The standard InChI is InChI=1S/C17H30N2OS/c1-15(2,3)14-19-12(10-21-14)13(20)17(11-18)8-6-16(4,5)7-9-17/h10,13,20H,6-9,11,18H2,1-5H3. The highest BCUT2D eigenvalue weighted by Gasteiger charge is 2.44. The average Bonchev–Trinajstić information content (AvgIpc) is 2.88. The lowest BCUT2D eigenvalue weighted by Crippen LogP contribution is -2.42. The Balaban J connectivity index is 2.21. The van der Waals surface area contributed by atoms with Crippen molar-refractivity contribution in [2.45, 2.75) is 71.8 Å². The Morgan fingerprint density at radius 1 is 1.29 bits per heavy atom. The van der Waals surface area contributed by atoms with Gasteiger partial charge in [-0.05, 0) is 31.1 Å². The number of nitrogens with two attached hydrogens (primary N) is 1. The van der Waals surface area contributed by atoms with Crippen LogP contribution in [0.1, 0.15) is 77.1 Å². The molecule has 1 unspecified atom stereocenters. The fraction of sp³-hybridized carbons (Fsp3) is 0.824. The third-order valence-electron chi connectivity index (χ3n) is 5.03. The zero-order valence-corrected chi connectivity index (χ0v) is 14.9. The van der Waals surface area contributed by atoms with Crippen molar-refractivity contribution in [2.75, 3.05) is 6.54 Å². The smallest absolute Gasteiger partial charge is 0.104 e. The van der Waals surface area contributed by atoms with Crippen LogP contribution in [0.25, 0.3) is 0 Å². The summed E-state index contributed by atoms with van der Waals surface area (Å²) in [4.78, 5) is 4.70. The van der Waals surface area contributed by atoms with Crippen LogP contribution in [0.3, 0.4) is 0 Å². The first-order valence-electron chi connectivity index (χ1n) is 7.94. The fourth-order valence-electron chi connectivity index (χ4n) is 3.08. The largest absolute Gasteiger partial charge is 0.386 e. The Bertz CT molecular complexity index is 477. The number of hydrogen-bond acceptors (Lipinski definition) is 4. The van der Waals surface area contributed by atoms with E-state index in [9.17, 15) is 5.11 Å². The zero-order valence-electron chi connectivity index (χ0n) is 14.1. The van der Waals surface area contributed by atoms with E-state index in [1.807, 2.05) is 5.38 Å². The van der Waals surface area contributed by atoms with Crippen LogP contribution in [-0.4, -0.2) is 16.6 Å². The van der Waals surface area contributed by atoms with Crippen molar-refractivity contribution in [3.63, 3.8) is 0 Å².